The average Bonchev–Trinajstić information content (AvgIpc) is 3.74. The van der Waals surface area contributed by atoms with Crippen molar-refractivity contribution in [1.29, 1.82) is 0 Å². The lowest BCUT2D eigenvalue weighted by Crippen LogP contribution is -2.57. The minimum Gasteiger partial charge on any atom is -0.469 e. The lowest BCUT2D eigenvalue weighted by molar-refractivity contribution is -0.149. The summed E-state index contributed by atoms with van der Waals surface area (Å²) >= 11 is 0. The van der Waals surface area contributed by atoms with E-state index in [2.05, 4.69) is 10.6 Å². The van der Waals surface area contributed by atoms with Crippen molar-refractivity contribution in [2.24, 2.45) is 17.6 Å². The highest BCUT2D eigenvalue weighted by molar-refractivity contribution is 5.93. The molecule has 0 spiro atoms. The summed E-state index contributed by atoms with van der Waals surface area (Å²) in [7, 11) is 1.38. The standard InChI is InChI=1S/C28H42N4O5/c1-3-4-10-23(27(35)32-15-13-21(14-16-32)28(36)37-2)30-26(34)24(18-20-11-12-20)31-25(33)22(29)17-19-8-6-5-7-9-19/h5-9,20-24H,3-4,10-18,29H2,1-2H3,(H,30,34)(H,31,33)/t22-,23?,24-/m1/s1. The Labute approximate surface area is 219 Å². The summed E-state index contributed by atoms with van der Waals surface area (Å²) in [6.07, 6.45) is 6.27. The Morgan fingerprint density at radius 1 is 1.00 bits per heavy atom. The number of carbonyl (C=O) groups is 4. The van der Waals surface area contributed by atoms with Crippen molar-refractivity contribution < 1.29 is 23.9 Å². The summed E-state index contributed by atoms with van der Waals surface area (Å²) < 4.78 is 4.84. The Morgan fingerprint density at radius 2 is 1.65 bits per heavy atom. The van der Waals surface area contributed by atoms with Crippen molar-refractivity contribution in [1.82, 2.24) is 15.5 Å². The predicted molar refractivity (Wildman–Crippen MR) is 140 cm³/mol. The van der Waals surface area contributed by atoms with Gasteiger partial charge in [0.25, 0.3) is 0 Å². The molecule has 1 aliphatic heterocycles. The molecule has 1 aliphatic carbocycles. The molecule has 1 heterocycles. The summed E-state index contributed by atoms with van der Waals surface area (Å²) in [5.74, 6) is -0.897. The van der Waals surface area contributed by atoms with E-state index in [9.17, 15) is 19.2 Å². The lowest BCUT2D eigenvalue weighted by Gasteiger charge is -2.34. The molecule has 1 unspecified atom stereocenters. The van der Waals surface area contributed by atoms with E-state index >= 15 is 0 Å². The number of rotatable bonds is 13. The van der Waals surface area contributed by atoms with Gasteiger partial charge >= 0.3 is 5.97 Å². The Kier molecular flexibility index (Phi) is 10.9. The number of piperidine rings is 1. The van der Waals surface area contributed by atoms with Gasteiger partial charge in [-0.2, -0.15) is 0 Å². The smallest absolute Gasteiger partial charge is 0.308 e. The van der Waals surface area contributed by atoms with E-state index in [0.29, 0.717) is 51.1 Å². The van der Waals surface area contributed by atoms with E-state index in [1.54, 1.807) is 4.90 Å². The Balaban J connectivity index is 1.61. The Hall–Kier alpha value is -2.94. The molecule has 4 N–H and O–H groups in total. The summed E-state index contributed by atoms with van der Waals surface area (Å²) in [5, 5.41) is 5.80. The van der Waals surface area contributed by atoms with Crippen LogP contribution in [0.2, 0.25) is 0 Å². The molecule has 9 nitrogen and oxygen atoms in total. The zero-order valence-corrected chi connectivity index (χ0v) is 22.1. The van der Waals surface area contributed by atoms with Gasteiger partial charge in [0, 0.05) is 13.1 Å². The van der Waals surface area contributed by atoms with Gasteiger partial charge in [0.15, 0.2) is 0 Å². The van der Waals surface area contributed by atoms with E-state index in [0.717, 1.165) is 31.2 Å². The number of hydrogen-bond acceptors (Lipinski definition) is 6. The van der Waals surface area contributed by atoms with Crippen LogP contribution in [0.1, 0.15) is 63.9 Å². The van der Waals surface area contributed by atoms with Crippen LogP contribution in [0.5, 0.6) is 0 Å². The van der Waals surface area contributed by atoms with Gasteiger partial charge in [-0.05, 0) is 43.6 Å². The highest BCUT2D eigenvalue weighted by Gasteiger charge is 2.35. The molecule has 2 fully saturated rings. The molecule has 3 atom stereocenters. The Morgan fingerprint density at radius 3 is 2.24 bits per heavy atom. The first-order chi connectivity index (χ1) is 17.8. The molecule has 37 heavy (non-hydrogen) atoms. The van der Waals surface area contributed by atoms with E-state index < -0.39 is 18.1 Å². The van der Waals surface area contributed by atoms with Crippen LogP contribution >= 0.6 is 0 Å². The van der Waals surface area contributed by atoms with Crippen LogP contribution in [-0.2, 0) is 30.3 Å². The maximum absolute atomic E-state index is 13.4. The summed E-state index contributed by atoms with van der Waals surface area (Å²) in [6, 6.07) is 7.36. The minimum atomic E-state index is -0.773. The summed E-state index contributed by atoms with van der Waals surface area (Å²) in [5.41, 5.74) is 7.12. The normalized spacial score (nSPS) is 18.4. The van der Waals surface area contributed by atoms with Crippen LogP contribution in [0.4, 0.5) is 0 Å². The molecule has 1 saturated carbocycles. The van der Waals surface area contributed by atoms with Gasteiger partial charge in [0.05, 0.1) is 19.1 Å². The van der Waals surface area contributed by atoms with Crippen LogP contribution in [0, 0.1) is 11.8 Å². The highest BCUT2D eigenvalue weighted by atomic mass is 16.5. The van der Waals surface area contributed by atoms with E-state index in [-0.39, 0.29) is 29.6 Å². The SMILES string of the molecule is CCCCC(NC(=O)[C@@H](CC1CC1)NC(=O)[C@H](N)Cc1ccccc1)C(=O)N1CCC(C(=O)OC)CC1. The topological polar surface area (TPSA) is 131 Å². The van der Waals surface area contributed by atoms with Gasteiger partial charge in [-0.1, -0.05) is 62.9 Å². The van der Waals surface area contributed by atoms with Crippen molar-refractivity contribution in [2.45, 2.75) is 82.8 Å². The van der Waals surface area contributed by atoms with Gasteiger partial charge in [0.2, 0.25) is 17.7 Å². The fraction of sp³-hybridized carbons (Fsp3) is 0.643. The molecule has 1 aromatic carbocycles. The van der Waals surface area contributed by atoms with Crippen LogP contribution in [0.3, 0.4) is 0 Å². The van der Waals surface area contributed by atoms with Crippen molar-refractivity contribution in [3.05, 3.63) is 35.9 Å². The lowest BCUT2D eigenvalue weighted by atomic mass is 9.96. The molecule has 9 heteroatoms. The molecule has 0 bridgehead atoms. The van der Waals surface area contributed by atoms with Gasteiger partial charge in [-0.3, -0.25) is 19.2 Å². The Bertz CT molecular complexity index is 912. The van der Waals surface area contributed by atoms with Crippen LogP contribution < -0.4 is 16.4 Å². The van der Waals surface area contributed by atoms with Gasteiger partial charge in [0.1, 0.15) is 12.1 Å². The van der Waals surface area contributed by atoms with Crippen LogP contribution in [-0.4, -0.2) is 66.9 Å². The predicted octanol–water partition coefficient (Wildman–Crippen LogP) is 1.93. The molecule has 0 aromatic heterocycles. The third kappa shape index (κ3) is 8.84. The number of unbranched alkanes of at least 4 members (excludes halogenated alkanes) is 1. The van der Waals surface area contributed by atoms with Crippen molar-refractivity contribution in [2.75, 3.05) is 20.2 Å². The molecular formula is C28H42N4O5. The molecular weight excluding hydrogens is 472 g/mol. The highest BCUT2D eigenvalue weighted by Crippen LogP contribution is 2.33. The second-order valence-corrected chi connectivity index (χ2v) is 10.4. The number of nitrogens with two attached hydrogens (primary N) is 1. The maximum Gasteiger partial charge on any atom is 0.308 e. The second kappa shape index (κ2) is 14.1. The zero-order valence-electron chi connectivity index (χ0n) is 22.1. The molecule has 0 radical (unpaired) electrons. The monoisotopic (exact) mass is 514 g/mol. The van der Waals surface area contributed by atoms with Crippen LogP contribution in [0.25, 0.3) is 0 Å². The third-order valence-electron chi connectivity index (χ3n) is 7.34. The molecule has 3 amide bonds. The van der Waals surface area contributed by atoms with Gasteiger partial charge in [-0.25, -0.2) is 0 Å². The molecule has 2 aliphatic rings. The van der Waals surface area contributed by atoms with E-state index in [1.165, 1.54) is 7.11 Å². The molecule has 204 valence electrons. The van der Waals surface area contributed by atoms with Gasteiger partial charge < -0.3 is 26.0 Å². The summed E-state index contributed by atoms with van der Waals surface area (Å²) in [4.78, 5) is 53.2. The van der Waals surface area contributed by atoms with Crippen molar-refractivity contribution >= 4 is 23.7 Å². The first kappa shape index (κ1) is 28.6. The number of methoxy groups -OCH3 is 1. The molecule has 1 saturated heterocycles. The largest absolute Gasteiger partial charge is 0.469 e. The number of ether oxygens (including phenoxy) is 1. The summed E-state index contributed by atoms with van der Waals surface area (Å²) in [6.45, 7) is 2.94. The zero-order chi connectivity index (χ0) is 26.8. The second-order valence-electron chi connectivity index (χ2n) is 10.4. The number of nitrogens with one attached hydrogen (secondary N) is 2. The number of esters is 1. The quantitative estimate of drug-likeness (QED) is 0.345. The van der Waals surface area contributed by atoms with Crippen LogP contribution in [0.15, 0.2) is 30.3 Å². The van der Waals surface area contributed by atoms with Crippen molar-refractivity contribution in [3.63, 3.8) is 0 Å². The maximum atomic E-state index is 13.4. The van der Waals surface area contributed by atoms with E-state index in [1.807, 2.05) is 37.3 Å². The van der Waals surface area contributed by atoms with Gasteiger partial charge in [-0.15, -0.1) is 0 Å². The van der Waals surface area contributed by atoms with Crippen molar-refractivity contribution in [3.8, 4) is 0 Å². The first-order valence-electron chi connectivity index (χ1n) is 13.6. The number of amides is 3. The number of benzene rings is 1. The van der Waals surface area contributed by atoms with E-state index in [4.69, 9.17) is 10.5 Å². The number of nitrogens with zero attached hydrogens (tertiary/aromatic N) is 1. The average molecular weight is 515 g/mol. The number of hydrogen-bond donors (Lipinski definition) is 3. The third-order valence-corrected chi connectivity index (χ3v) is 7.34. The minimum absolute atomic E-state index is 0.137. The fourth-order valence-electron chi connectivity index (χ4n) is 4.82. The molecule has 3 rings (SSSR count). The number of carbonyl (C=O) groups excluding carboxylic acids is 4. The molecule has 1 aromatic rings. The number of likely N-dealkylation sites (tertiary alicyclic amines) is 1. The first-order valence-corrected chi connectivity index (χ1v) is 13.6. The fourth-order valence-corrected chi connectivity index (χ4v) is 4.82.